The summed E-state index contributed by atoms with van der Waals surface area (Å²) in [6, 6.07) is 7.22. The van der Waals surface area contributed by atoms with Crippen molar-refractivity contribution in [1.82, 2.24) is 14.5 Å². The first-order chi connectivity index (χ1) is 9.74. The molecule has 20 heavy (non-hydrogen) atoms. The second kappa shape index (κ2) is 5.64. The summed E-state index contributed by atoms with van der Waals surface area (Å²) in [5.74, 6) is 0.269. The quantitative estimate of drug-likeness (QED) is 0.925. The number of rotatable bonds is 3. The lowest BCUT2D eigenvalue weighted by Crippen LogP contribution is -2.35. The average molecular weight is 273 g/mol. The Balaban J connectivity index is 1.81. The highest BCUT2D eigenvalue weighted by molar-refractivity contribution is 5.40. The zero-order valence-corrected chi connectivity index (χ0v) is 11.6. The second-order valence-electron chi connectivity index (χ2n) is 5.06. The topological polar surface area (TPSA) is 50.5 Å². The van der Waals surface area contributed by atoms with Gasteiger partial charge in [-0.15, -0.1) is 0 Å². The molecule has 5 heteroatoms. The molecular formula is C15H19N3O2. The molecule has 2 heterocycles. The number of morpholine rings is 1. The van der Waals surface area contributed by atoms with Crippen LogP contribution in [0.1, 0.15) is 11.4 Å². The van der Waals surface area contributed by atoms with Crippen molar-refractivity contribution in [3.8, 4) is 11.4 Å². The molecule has 0 aliphatic carbocycles. The third-order valence-corrected chi connectivity index (χ3v) is 3.69. The second-order valence-corrected chi connectivity index (χ2v) is 5.06. The summed E-state index contributed by atoms with van der Waals surface area (Å²) in [6.07, 6.45) is 1.82. The van der Waals surface area contributed by atoms with Crippen LogP contribution in [-0.4, -0.2) is 45.9 Å². The molecule has 1 saturated heterocycles. The summed E-state index contributed by atoms with van der Waals surface area (Å²) in [7, 11) is 0. The van der Waals surface area contributed by atoms with Gasteiger partial charge in [0.05, 0.1) is 30.9 Å². The van der Waals surface area contributed by atoms with Crippen LogP contribution in [0.25, 0.3) is 5.69 Å². The number of phenolic OH excluding ortho intramolecular Hbond substituents is 1. The maximum absolute atomic E-state index is 9.58. The van der Waals surface area contributed by atoms with E-state index in [4.69, 9.17) is 4.74 Å². The fourth-order valence-electron chi connectivity index (χ4n) is 2.48. The molecule has 106 valence electrons. The van der Waals surface area contributed by atoms with Gasteiger partial charge >= 0.3 is 0 Å². The van der Waals surface area contributed by atoms with E-state index in [2.05, 4.69) is 16.8 Å². The van der Waals surface area contributed by atoms with E-state index in [1.54, 1.807) is 12.1 Å². The number of hydrogen-bond donors (Lipinski definition) is 1. The highest BCUT2D eigenvalue weighted by Crippen LogP contribution is 2.19. The lowest BCUT2D eigenvalue weighted by molar-refractivity contribution is 0.0336. The van der Waals surface area contributed by atoms with Crippen LogP contribution in [0.3, 0.4) is 0 Å². The van der Waals surface area contributed by atoms with Crippen LogP contribution < -0.4 is 0 Å². The van der Waals surface area contributed by atoms with Gasteiger partial charge in [-0.25, -0.2) is 4.98 Å². The normalized spacial score (nSPS) is 16.4. The van der Waals surface area contributed by atoms with Crippen molar-refractivity contribution < 1.29 is 9.84 Å². The molecule has 0 atom stereocenters. The summed E-state index contributed by atoms with van der Waals surface area (Å²) in [5, 5.41) is 9.58. The van der Waals surface area contributed by atoms with Gasteiger partial charge in [-0.2, -0.15) is 0 Å². The fraction of sp³-hybridized carbons (Fsp3) is 0.400. The fourth-order valence-corrected chi connectivity index (χ4v) is 2.48. The van der Waals surface area contributed by atoms with E-state index in [-0.39, 0.29) is 5.75 Å². The summed E-state index contributed by atoms with van der Waals surface area (Å²) >= 11 is 0. The third-order valence-electron chi connectivity index (χ3n) is 3.69. The zero-order chi connectivity index (χ0) is 13.9. The number of aromatic hydroxyl groups is 1. The van der Waals surface area contributed by atoms with Crippen molar-refractivity contribution in [2.24, 2.45) is 0 Å². The molecule has 1 aliphatic heterocycles. The monoisotopic (exact) mass is 273 g/mol. The standard InChI is InChI=1S/C15H19N3O2/c1-12-15(10-17-5-7-20-8-6-17)16-11-18(12)13-3-2-4-14(19)9-13/h2-4,9,11,19H,5-8,10H2,1H3. The van der Waals surface area contributed by atoms with Crippen molar-refractivity contribution in [3.05, 3.63) is 42.0 Å². The Morgan fingerprint density at radius 1 is 1.30 bits per heavy atom. The first-order valence-electron chi connectivity index (χ1n) is 6.86. The molecule has 0 bridgehead atoms. The van der Waals surface area contributed by atoms with Gasteiger partial charge < -0.3 is 14.4 Å². The van der Waals surface area contributed by atoms with Crippen LogP contribution in [0.4, 0.5) is 0 Å². The number of imidazole rings is 1. The van der Waals surface area contributed by atoms with E-state index in [1.807, 2.05) is 23.0 Å². The van der Waals surface area contributed by atoms with Crippen LogP contribution in [-0.2, 0) is 11.3 Å². The largest absolute Gasteiger partial charge is 0.508 e. The van der Waals surface area contributed by atoms with E-state index in [9.17, 15) is 5.11 Å². The van der Waals surface area contributed by atoms with Crippen LogP contribution in [0.15, 0.2) is 30.6 Å². The average Bonchev–Trinajstić information content (AvgIpc) is 2.81. The Bertz CT molecular complexity index is 589. The number of benzene rings is 1. The van der Waals surface area contributed by atoms with Gasteiger partial charge in [0.2, 0.25) is 0 Å². The summed E-state index contributed by atoms with van der Waals surface area (Å²) in [5.41, 5.74) is 3.13. The van der Waals surface area contributed by atoms with E-state index < -0.39 is 0 Å². The van der Waals surface area contributed by atoms with Gasteiger partial charge in [-0.1, -0.05) is 6.07 Å². The summed E-state index contributed by atoms with van der Waals surface area (Å²) < 4.78 is 7.37. The Morgan fingerprint density at radius 2 is 2.10 bits per heavy atom. The van der Waals surface area contributed by atoms with Gasteiger partial charge in [0.25, 0.3) is 0 Å². The first-order valence-corrected chi connectivity index (χ1v) is 6.86. The lowest BCUT2D eigenvalue weighted by atomic mass is 10.2. The van der Waals surface area contributed by atoms with Crippen molar-refractivity contribution in [2.45, 2.75) is 13.5 Å². The highest BCUT2D eigenvalue weighted by atomic mass is 16.5. The van der Waals surface area contributed by atoms with Gasteiger partial charge in [0, 0.05) is 31.4 Å². The van der Waals surface area contributed by atoms with Gasteiger partial charge in [-0.3, -0.25) is 4.90 Å². The van der Waals surface area contributed by atoms with Crippen molar-refractivity contribution >= 4 is 0 Å². The molecule has 0 spiro atoms. The third kappa shape index (κ3) is 2.69. The molecule has 0 saturated carbocycles. The number of aromatic nitrogens is 2. The molecule has 1 fully saturated rings. The minimum absolute atomic E-state index is 0.269. The Labute approximate surface area is 118 Å². The van der Waals surface area contributed by atoms with Gasteiger partial charge in [-0.05, 0) is 19.1 Å². The predicted molar refractivity (Wildman–Crippen MR) is 76.1 cm³/mol. The van der Waals surface area contributed by atoms with E-state index >= 15 is 0 Å². The summed E-state index contributed by atoms with van der Waals surface area (Å²) in [4.78, 5) is 6.87. The van der Waals surface area contributed by atoms with Crippen LogP contribution in [0.2, 0.25) is 0 Å². The lowest BCUT2D eigenvalue weighted by Gasteiger charge is -2.26. The Morgan fingerprint density at radius 3 is 2.85 bits per heavy atom. The van der Waals surface area contributed by atoms with E-state index in [0.717, 1.165) is 49.9 Å². The highest BCUT2D eigenvalue weighted by Gasteiger charge is 2.15. The number of ether oxygens (including phenoxy) is 1. The molecule has 3 rings (SSSR count). The minimum Gasteiger partial charge on any atom is -0.508 e. The van der Waals surface area contributed by atoms with Gasteiger partial charge in [0.15, 0.2) is 0 Å². The molecule has 2 aromatic rings. The Hall–Kier alpha value is -1.85. The van der Waals surface area contributed by atoms with Crippen LogP contribution >= 0.6 is 0 Å². The van der Waals surface area contributed by atoms with Gasteiger partial charge in [0.1, 0.15) is 5.75 Å². The number of hydrogen-bond acceptors (Lipinski definition) is 4. The molecule has 1 N–H and O–H groups in total. The minimum atomic E-state index is 0.269. The SMILES string of the molecule is Cc1c(CN2CCOCC2)ncn1-c1cccc(O)c1. The molecular weight excluding hydrogens is 254 g/mol. The number of phenols is 1. The molecule has 1 aromatic carbocycles. The smallest absolute Gasteiger partial charge is 0.117 e. The van der Waals surface area contributed by atoms with Crippen molar-refractivity contribution in [3.63, 3.8) is 0 Å². The van der Waals surface area contributed by atoms with Crippen molar-refractivity contribution in [2.75, 3.05) is 26.3 Å². The van der Waals surface area contributed by atoms with E-state index in [0.29, 0.717) is 0 Å². The van der Waals surface area contributed by atoms with Crippen molar-refractivity contribution in [1.29, 1.82) is 0 Å². The van der Waals surface area contributed by atoms with E-state index in [1.165, 1.54) is 0 Å². The molecule has 5 nitrogen and oxygen atoms in total. The van der Waals surface area contributed by atoms with Crippen LogP contribution in [0, 0.1) is 6.92 Å². The maximum Gasteiger partial charge on any atom is 0.117 e. The predicted octanol–water partition coefficient (Wildman–Crippen LogP) is 1.72. The molecule has 0 unspecified atom stereocenters. The Kier molecular flexibility index (Phi) is 3.71. The summed E-state index contributed by atoms with van der Waals surface area (Å²) in [6.45, 7) is 6.42. The maximum atomic E-state index is 9.58. The first kappa shape index (κ1) is 13.1. The molecule has 0 radical (unpaired) electrons. The number of nitrogens with zero attached hydrogens (tertiary/aromatic N) is 3. The molecule has 1 aromatic heterocycles. The molecule has 0 amide bonds. The zero-order valence-electron chi connectivity index (χ0n) is 11.6. The molecule has 1 aliphatic rings. The van der Waals surface area contributed by atoms with Crippen LogP contribution in [0.5, 0.6) is 5.75 Å².